The van der Waals surface area contributed by atoms with Gasteiger partial charge in [0.15, 0.2) is 0 Å². The fraction of sp³-hybridized carbons (Fsp3) is 0.304. The van der Waals surface area contributed by atoms with Crippen LogP contribution >= 0.6 is 11.8 Å². The summed E-state index contributed by atoms with van der Waals surface area (Å²) in [4.78, 5) is 25.3. The largest absolute Gasteiger partial charge is 0.326 e. The molecule has 2 aliphatic rings. The number of amidine groups is 1. The Kier molecular flexibility index (Phi) is 5.58. The third-order valence-electron chi connectivity index (χ3n) is 5.41. The maximum absolute atomic E-state index is 11.7. The summed E-state index contributed by atoms with van der Waals surface area (Å²) in [5.41, 5.74) is 7.84. The summed E-state index contributed by atoms with van der Waals surface area (Å²) in [5, 5.41) is 15.9. The molecule has 0 aromatic heterocycles. The van der Waals surface area contributed by atoms with E-state index in [0.29, 0.717) is 17.1 Å². The lowest BCUT2D eigenvalue weighted by Gasteiger charge is -2.33. The van der Waals surface area contributed by atoms with Crippen molar-refractivity contribution in [2.45, 2.75) is 38.4 Å². The van der Waals surface area contributed by atoms with Crippen LogP contribution in [0.4, 0.5) is 16.2 Å². The predicted molar refractivity (Wildman–Crippen MR) is 126 cm³/mol. The topological polar surface area (TPSA) is 97.7 Å². The maximum atomic E-state index is 11.7. The van der Waals surface area contributed by atoms with Crippen LogP contribution in [0.3, 0.4) is 0 Å². The molecule has 160 valence electrons. The highest BCUT2D eigenvalue weighted by atomic mass is 32.2. The third kappa shape index (κ3) is 4.20. The van der Waals surface area contributed by atoms with Crippen LogP contribution < -0.4 is 15.6 Å². The molecule has 2 aliphatic heterocycles. The number of para-hydroxylation sites is 1. The average Bonchev–Trinajstić information content (AvgIpc) is 2.71. The van der Waals surface area contributed by atoms with Crippen LogP contribution in [0.5, 0.6) is 0 Å². The number of amides is 2. The first-order valence-electron chi connectivity index (χ1n) is 10.2. The van der Waals surface area contributed by atoms with E-state index in [0.717, 1.165) is 41.9 Å². The van der Waals surface area contributed by atoms with Crippen LogP contribution in [0.1, 0.15) is 43.9 Å². The van der Waals surface area contributed by atoms with Crippen LogP contribution in [0.2, 0.25) is 0 Å². The molecule has 0 saturated carbocycles. The molecular formula is C23H25N5O2S. The molecule has 2 amide bonds. The number of anilines is 2. The Morgan fingerprint density at radius 1 is 1.26 bits per heavy atom. The predicted octanol–water partition coefficient (Wildman–Crippen LogP) is 4.36. The van der Waals surface area contributed by atoms with E-state index in [2.05, 4.69) is 21.9 Å². The van der Waals surface area contributed by atoms with Gasteiger partial charge < -0.3 is 10.2 Å². The molecule has 0 spiro atoms. The van der Waals surface area contributed by atoms with E-state index in [1.165, 1.54) is 18.7 Å². The number of carbonyl (C=O) groups excluding carboxylic acids is 2. The number of rotatable bonds is 3. The van der Waals surface area contributed by atoms with E-state index in [9.17, 15) is 9.59 Å². The summed E-state index contributed by atoms with van der Waals surface area (Å²) in [6.07, 6.45) is 1.83. The van der Waals surface area contributed by atoms with Crippen molar-refractivity contribution in [3.05, 3.63) is 59.2 Å². The lowest BCUT2D eigenvalue weighted by atomic mass is 9.93. The molecule has 7 nitrogen and oxygen atoms in total. The number of hydrazone groups is 1. The fourth-order valence-corrected chi connectivity index (χ4v) is 4.88. The second-order valence-corrected chi connectivity index (χ2v) is 9.74. The lowest BCUT2D eigenvalue weighted by Crippen LogP contribution is -2.39. The van der Waals surface area contributed by atoms with Crippen molar-refractivity contribution in [2.75, 3.05) is 16.8 Å². The van der Waals surface area contributed by atoms with Crippen LogP contribution in [-0.4, -0.2) is 34.0 Å². The molecule has 0 atom stereocenters. The quantitative estimate of drug-likeness (QED) is 0.493. The molecule has 0 fully saturated rings. The van der Waals surface area contributed by atoms with Crippen LogP contribution in [0.15, 0.2) is 47.6 Å². The fourth-order valence-electron chi connectivity index (χ4n) is 4.06. The van der Waals surface area contributed by atoms with Crippen LogP contribution in [0, 0.1) is 5.41 Å². The van der Waals surface area contributed by atoms with E-state index in [1.54, 1.807) is 0 Å². The summed E-state index contributed by atoms with van der Waals surface area (Å²) >= 11 is 1.23. The van der Waals surface area contributed by atoms with Crippen molar-refractivity contribution >= 4 is 45.8 Å². The Bertz CT molecular complexity index is 1110. The number of nitrogens with zero attached hydrogens (tertiary/aromatic N) is 2. The number of fused-ring (bicyclic) bond motifs is 1. The van der Waals surface area contributed by atoms with Crippen molar-refractivity contribution < 1.29 is 9.59 Å². The Balaban J connectivity index is 1.68. The molecule has 3 N–H and O–H groups in total. The molecule has 2 aromatic rings. The SMILES string of the molecule is CC(=O)Nc1ccccc1C(=N)N1CCCc2cc(C3=NNC(=O)SC3(C)C)ccc21. The Morgan fingerprint density at radius 3 is 2.77 bits per heavy atom. The molecule has 8 heteroatoms. The first-order valence-corrected chi connectivity index (χ1v) is 11.0. The van der Waals surface area contributed by atoms with Gasteiger partial charge in [0, 0.05) is 24.7 Å². The zero-order valence-electron chi connectivity index (χ0n) is 17.8. The monoisotopic (exact) mass is 435 g/mol. The molecule has 0 radical (unpaired) electrons. The highest BCUT2D eigenvalue weighted by molar-refractivity contribution is 8.15. The number of thioether (sulfide) groups is 1. The minimum Gasteiger partial charge on any atom is -0.326 e. The third-order valence-corrected chi connectivity index (χ3v) is 6.39. The average molecular weight is 436 g/mol. The van der Waals surface area contributed by atoms with Gasteiger partial charge in [0.1, 0.15) is 5.84 Å². The van der Waals surface area contributed by atoms with Crippen LogP contribution in [-0.2, 0) is 11.2 Å². The van der Waals surface area contributed by atoms with Gasteiger partial charge in [-0.15, -0.1) is 0 Å². The molecular weight excluding hydrogens is 410 g/mol. The standard InChI is InChI=1S/C23H25N5O2S/c1-14(29)25-18-9-5-4-8-17(18)21(24)28-12-6-7-15-13-16(10-11-19(15)28)20-23(2,3)31-22(30)27-26-20/h4-5,8-11,13,24H,6-7,12H2,1-3H3,(H,25,29)(H,27,30). The van der Waals surface area contributed by atoms with E-state index >= 15 is 0 Å². The molecule has 4 rings (SSSR count). The molecule has 31 heavy (non-hydrogen) atoms. The van der Waals surface area contributed by atoms with Gasteiger partial charge >= 0.3 is 0 Å². The minimum absolute atomic E-state index is 0.149. The number of carbonyl (C=O) groups is 2. The highest BCUT2D eigenvalue weighted by Crippen LogP contribution is 2.35. The molecule has 0 unspecified atom stereocenters. The number of hydrogen-bond donors (Lipinski definition) is 3. The number of benzene rings is 2. The van der Waals surface area contributed by atoms with Gasteiger partial charge in [-0.05, 0) is 62.1 Å². The first-order chi connectivity index (χ1) is 14.8. The highest BCUT2D eigenvalue weighted by Gasteiger charge is 2.34. The molecule has 0 saturated heterocycles. The van der Waals surface area contributed by atoms with Gasteiger partial charge in [-0.25, -0.2) is 5.43 Å². The maximum Gasteiger partial charge on any atom is 0.300 e. The Hall–Kier alpha value is -3.13. The van der Waals surface area contributed by atoms with Gasteiger partial charge in [0.2, 0.25) is 5.91 Å². The normalized spacial score (nSPS) is 17.3. The second kappa shape index (κ2) is 8.19. The van der Waals surface area contributed by atoms with E-state index in [1.807, 2.05) is 55.1 Å². The molecule has 2 heterocycles. The van der Waals surface area contributed by atoms with Gasteiger partial charge in [0.05, 0.1) is 16.1 Å². The molecule has 2 aromatic carbocycles. The van der Waals surface area contributed by atoms with Crippen molar-refractivity contribution in [1.29, 1.82) is 5.41 Å². The van der Waals surface area contributed by atoms with Gasteiger partial charge in [-0.3, -0.25) is 15.0 Å². The van der Waals surface area contributed by atoms with Crippen molar-refractivity contribution in [3.8, 4) is 0 Å². The van der Waals surface area contributed by atoms with Crippen molar-refractivity contribution in [1.82, 2.24) is 5.43 Å². The number of aryl methyl sites for hydroxylation is 1. The first kappa shape index (κ1) is 21.1. The second-order valence-electron chi connectivity index (χ2n) is 8.15. The minimum atomic E-state index is -0.422. The van der Waals surface area contributed by atoms with Gasteiger partial charge in [0.25, 0.3) is 5.24 Å². The Morgan fingerprint density at radius 2 is 2.03 bits per heavy atom. The summed E-state index contributed by atoms with van der Waals surface area (Å²) in [6.45, 7) is 6.19. The van der Waals surface area contributed by atoms with E-state index < -0.39 is 4.75 Å². The lowest BCUT2D eigenvalue weighted by molar-refractivity contribution is -0.114. The number of nitrogens with one attached hydrogen (secondary N) is 3. The van der Waals surface area contributed by atoms with Crippen molar-refractivity contribution in [3.63, 3.8) is 0 Å². The molecule has 0 aliphatic carbocycles. The zero-order valence-corrected chi connectivity index (χ0v) is 18.6. The van der Waals surface area contributed by atoms with E-state index in [-0.39, 0.29) is 11.1 Å². The smallest absolute Gasteiger partial charge is 0.300 e. The molecule has 0 bridgehead atoms. The van der Waals surface area contributed by atoms with E-state index in [4.69, 9.17) is 5.41 Å². The van der Waals surface area contributed by atoms with Gasteiger partial charge in [-0.1, -0.05) is 30.0 Å². The summed E-state index contributed by atoms with van der Waals surface area (Å²) in [6, 6.07) is 13.5. The zero-order chi connectivity index (χ0) is 22.2. The summed E-state index contributed by atoms with van der Waals surface area (Å²) in [5.74, 6) is 0.195. The number of hydrogen-bond acceptors (Lipinski definition) is 5. The van der Waals surface area contributed by atoms with Gasteiger partial charge in [-0.2, -0.15) is 5.10 Å². The van der Waals surface area contributed by atoms with Crippen molar-refractivity contribution in [2.24, 2.45) is 5.10 Å². The van der Waals surface area contributed by atoms with Crippen LogP contribution in [0.25, 0.3) is 0 Å². The summed E-state index contributed by atoms with van der Waals surface area (Å²) in [7, 11) is 0. The Labute approximate surface area is 185 Å². The summed E-state index contributed by atoms with van der Waals surface area (Å²) < 4.78 is -0.422.